The van der Waals surface area contributed by atoms with Gasteiger partial charge in [-0.3, -0.25) is 0 Å². The lowest BCUT2D eigenvalue weighted by Crippen LogP contribution is -2.04. The van der Waals surface area contributed by atoms with Gasteiger partial charge in [-0.2, -0.15) is 0 Å². The van der Waals surface area contributed by atoms with Crippen LogP contribution in [0, 0.1) is 6.92 Å². The van der Waals surface area contributed by atoms with Gasteiger partial charge in [0.15, 0.2) is 0 Å². The van der Waals surface area contributed by atoms with Crippen LogP contribution in [0.5, 0.6) is 0 Å². The Morgan fingerprint density at radius 1 is 0.769 bits per heavy atom. The van der Waals surface area contributed by atoms with Crippen LogP contribution in [-0.2, 0) is 12.8 Å². The van der Waals surface area contributed by atoms with E-state index in [4.69, 9.17) is 4.98 Å². The van der Waals surface area contributed by atoms with Crippen LogP contribution in [0.3, 0.4) is 0 Å². The van der Waals surface area contributed by atoms with Gasteiger partial charge < -0.3 is 0 Å². The van der Waals surface area contributed by atoms with Crippen LogP contribution in [0.15, 0.2) is 72.8 Å². The van der Waals surface area contributed by atoms with E-state index in [1.54, 1.807) is 0 Å². The van der Waals surface area contributed by atoms with Gasteiger partial charge in [0, 0.05) is 5.56 Å². The summed E-state index contributed by atoms with van der Waals surface area (Å²) in [6.07, 6.45) is 2.10. The molecular weight excluding hydrogens is 334 g/mol. The van der Waals surface area contributed by atoms with Gasteiger partial charge in [0.1, 0.15) is 5.01 Å². The van der Waals surface area contributed by atoms with E-state index in [0.29, 0.717) is 0 Å². The largest absolute Gasteiger partial charge is 0.240 e. The average Bonchev–Trinajstić information content (AvgIpc) is 3.13. The van der Waals surface area contributed by atoms with E-state index in [1.165, 1.54) is 44.0 Å². The first-order valence-electron chi connectivity index (χ1n) is 9.04. The fourth-order valence-corrected chi connectivity index (χ4v) is 5.12. The predicted octanol–water partition coefficient (Wildman–Crippen LogP) is 6.55. The highest BCUT2D eigenvalue weighted by molar-refractivity contribution is 7.18. The highest BCUT2D eigenvalue weighted by atomic mass is 32.1. The second kappa shape index (κ2) is 6.22. The minimum Gasteiger partial charge on any atom is -0.240 e. The number of aromatic nitrogens is 1. The molecule has 0 N–H and O–H groups in total. The van der Waals surface area contributed by atoms with Gasteiger partial charge >= 0.3 is 0 Å². The third kappa shape index (κ3) is 2.58. The number of hydrogen-bond acceptors (Lipinski definition) is 2. The number of nitrogens with zero attached hydrogens (tertiary/aromatic N) is 1. The van der Waals surface area contributed by atoms with Crippen LogP contribution < -0.4 is 0 Å². The first-order chi connectivity index (χ1) is 12.8. The third-order valence-corrected chi connectivity index (χ3v) is 6.26. The molecule has 0 spiro atoms. The molecule has 0 aliphatic heterocycles. The normalized spacial score (nSPS) is 12.5. The number of hydrogen-bond donors (Lipinski definition) is 0. The predicted molar refractivity (Wildman–Crippen MR) is 111 cm³/mol. The molecule has 1 nitrogen and oxygen atoms in total. The highest BCUT2D eigenvalue weighted by Gasteiger charge is 2.23. The maximum Gasteiger partial charge on any atom is 0.124 e. The van der Waals surface area contributed by atoms with Crippen molar-refractivity contribution in [1.82, 2.24) is 4.98 Å². The van der Waals surface area contributed by atoms with E-state index < -0.39 is 0 Å². The quantitative estimate of drug-likeness (QED) is 0.398. The van der Waals surface area contributed by atoms with Crippen molar-refractivity contribution in [3.8, 4) is 32.1 Å². The Kier molecular flexibility index (Phi) is 3.72. The molecule has 1 aliphatic rings. The van der Waals surface area contributed by atoms with Crippen molar-refractivity contribution in [1.29, 1.82) is 0 Å². The van der Waals surface area contributed by atoms with E-state index in [9.17, 15) is 0 Å². The Labute approximate surface area is 158 Å². The topological polar surface area (TPSA) is 12.9 Å². The highest BCUT2D eigenvalue weighted by Crippen LogP contribution is 2.43. The maximum absolute atomic E-state index is 4.96. The zero-order valence-corrected chi connectivity index (χ0v) is 15.5. The zero-order valence-electron chi connectivity index (χ0n) is 14.7. The van der Waals surface area contributed by atoms with Crippen LogP contribution in [0.2, 0.25) is 0 Å². The van der Waals surface area contributed by atoms with Gasteiger partial charge in [-0.25, -0.2) is 4.98 Å². The van der Waals surface area contributed by atoms with Gasteiger partial charge in [-0.1, -0.05) is 72.8 Å². The van der Waals surface area contributed by atoms with Crippen LogP contribution in [0.25, 0.3) is 32.1 Å². The number of rotatable bonds is 2. The van der Waals surface area contributed by atoms with E-state index >= 15 is 0 Å². The molecule has 0 radical (unpaired) electrons. The fraction of sp³-hybridized carbons (Fsp3) is 0.125. The standard InChI is InChI=1S/C24H19NS/c1-16-14-20(17-8-4-2-5-9-17)15-19-12-13-21-23(22(16)19)26-24(25-21)18-10-6-3-7-11-18/h2-11,14-15H,12-13H2,1H3. The maximum atomic E-state index is 4.96. The number of aryl methyl sites for hydroxylation is 3. The molecule has 1 aliphatic carbocycles. The summed E-state index contributed by atoms with van der Waals surface area (Å²) in [6, 6.07) is 25.9. The second-order valence-corrected chi connectivity index (χ2v) is 7.85. The smallest absolute Gasteiger partial charge is 0.124 e. The van der Waals surface area contributed by atoms with Gasteiger partial charge in [-0.15, -0.1) is 11.3 Å². The lowest BCUT2D eigenvalue weighted by molar-refractivity contribution is 0.909. The summed E-state index contributed by atoms with van der Waals surface area (Å²) < 4.78 is 0. The second-order valence-electron chi connectivity index (χ2n) is 6.85. The Balaban J connectivity index is 1.63. The van der Waals surface area contributed by atoms with Crippen molar-refractivity contribution in [2.24, 2.45) is 0 Å². The average molecular weight is 353 g/mol. The fourth-order valence-electron chi connectivity index (χ4n) is 3.85. The van der Waals surface area contributed by atoms with Crippen LogP contribution in [-0.4, -0.2) is 4.98 Å². The molecule has 0 fully saturated rings. The monoisotopic (exact) mass is 353 g/mol. The molecule has 5 rings (SSSR count). The molecule has 1 aromatic heterocycles. The molecule has 0 saturated heterocycles. The molecule has 1 heterocycles. The molecule has 0 amide bonds. The first-order valence-corrected chi connectivity index (χ1v) is 9.86. The van der Waals surface area contributed by atoms with Crippen molar-refractivity contribution in [3.63, 3.8) is 0 Å². The van der Waals surface area contributed by atoms with Gasteiger partial charge in [0.2, 0.25) is 0 Å². The molecule has 0 bridgehead atoms. The van der Waals surface area contributed by atoms with Crippen LogP contribution >= 0.6 is 11.3 Å². The molecule has 2 heteroatoms. The van der Waals surface area contributed by atoms with Crippen molar-refractivity contribution in [2.75, 3.05) is 0 Å². The van der Waals surface area contributed by atoms with Crippen molar-refractivity contribution in [3.05, 3.63) is 89.6 Å². The van der Waals surface area contributed by atoms with Crippen LogP contribution in [0.1, 0.15) is 16.8 Å². The van der Waals surface area contributed by atoms with Crippen molar-refractivity contribution < 1.29 is 0 Å². The molecule has 126 valence electrons. The molecule has 4 aromatic rings. The van der Waals surface area contributed by atoms with Crippen molar-refractivity contribution in [2.45, 2.75) is 19.8 Å². The number of fused-ring (bicyclic) bond motifs is 3. The lowest BCUT2D eigenvalue weighted by atomic mass is 9.87. The minimum atomic E-state index is 1.03. The van der Waals surface area contributed by atoms with Gasteiger partial charge in [0.05, 0.1) is 10.6 Å². The van der Waals surface area contributed by atoms with Gasteiger partial charge in [0.25, 0.3) is 0 Å². The number of thiazole rings is 1. The Morgan fingerprint density at radius 2 is 1.46 bits per heavy atom. The molecule has 0 saturated carbocycles. The molecule has 26 heavy (non-hydrogen) atoms. The third-order valence-electron chi connectivity index (χ3n) is 5.10. The molecule has 0 atom stereocenters. The Bertz CT molecular complexity index is 1080. The van der Waals surface area contributed by atoms with E-state index in [2.05, 4.69) is 79.7 Å². The summed E-state index contributed by atoms with van der Waals surface area (Å²) in [5.41, 5.74) is 9.30. The molecular formula is C24H19NS. The number of benzene rings is 3. The lowest BCUT2D eigenvalue weighted by Gasteiger charge is -2.19. The summed E-state index contributed by atoms with van der Waals surface area (Å²) in [7, 11) is 0. The Hall–Kier alpha value is -2.71. The summed E-state index contributed by atoms with van der Waals surface area (Å²) in [4.78, 5) is 6.32. The first kappa shape index (κ1) is 15.5. The summed E-state index contributed by atoms with van der Waals surface area (Å²) in [5.74, 6) is 0. The zero-order chi connectivity index (χ0) is 17.5. The molecule has 3 aromatic carbocycles. The summed E-state index contributed by atoms with van der Waals surface area (Å²) in [6.45, 7) is 2.24. The van der Waals surface area contributed by atoms with Crippen LogP contribution in [0.4, 0.5) is 0 Å². The summed E-state index contributed by atoms with van der Waals surface area (Å²) in [5, 5.41) is 1.13. The van der Waals surface area contributed by atoms with Gasteiger partial charge in [-0.05, 0) is 47.6 Å². The van der Waals surface area contributed by atoms with Crippen molar-refractivity contribution >= 4 is 11.3 Å². The minimum absolute atomic E-state index is 1.03. The Morgan fingerprint density at radius 3 is 2.19 bits per heavy atom. The van der Waals surface area contributed by atoms with E-state index in [-0.39, 0.29) is 0 Å². The summed E-state index contributed by atoms with van der Waals surface area (Å²) >= 11 is 1.84. The van der Waals surface area contributed by atoms with E-state index in [0.717, 1.165) is 17.8 Å². The SMILES string of the molecule is Cc1cc(-c2ccccc2)cc2c1-c1sc(-c3ccccc3)nc1CC2. The molecule has 0 unspecified atom stereocenters. The van der Waals surface area contributed by atoms with E-state index in [1.807, 2.05) is 11.3 Å².